The van der Waals surface area contributed by atoms with E-state index in [0.717, 1.165) is 6.07 Å². The van der Waals surface area contributed by atoms with Crippen molar-refractivity contribution in [1.29, 1.82) is 0 Å². The van der Waals surface area contributed by atoms with E-state index < -0.39 is 11.7 Å². The van der Waals surface area contributed by atoms with Gasteiger partial charge in [0, 0.05) is 5.02 Å². The third kappa shape index (κ3) is 4.35. The number of para-hydroxylation sites is 1. The predicted octanol–water partition coefficient (Wildman–Crippen LogP) is 5.87. The van der Waals surface area contributed by atoms with E-state index in [9.17, 15) is 13.2 Å². The number of nitrogen functional groups attached to an aromatic ring is 1. The second-order valence-electron chi connectivity index (χ2n) is 5.40. The zero-order chi connectivity index (χ0) is 19.6. The lowest BCUT2D eigenvalue weighted by molar-refractivity contribution is -0.136. The van der Waals surface area contributed by atoms with Crippen molar-refractivity contribution in [2.75, 3.05) is 16.4 Å². The van der Waals surface area contributed by atoms with Gasteiger partial charge in [-0.25, -0.2) is 9.97 Å². The Hall–Kier alpha value is -2.71. The van der Waals surface area contributed by atoms with Gasteiger partial charge in [0.2, 0.25) is 0 Å². The standard InChI is InChI=1S/C17H12Cl2F3N5/c18-9-5-6-13(11(19)7-9)27-16-14(23)15(24-8-25-16)26-12-4-2-1-3-10(12)17(20,21)22/h1-8H,23H2,(H2,24,25,26,27). The number of rotatable bonds is 4. The van der Waals surface area contributed by atoms with Crippen molar-refractivity contribution >= 4 is 51.9 Å². The molecule has 0 atom stereocenters. The molecule has 0 saturated carbocycles. The molecule has 3 rings (SSSR count). The van der Waals surface area contributed by atoms with Crippen molar-refractivity contribution in [2.24, 2.45) is 0 Å². The summed E-state index contributed by atoms with van der Waals surface area (Å²) in [4.78, 5) is 7.94. The van der Waals surface area contributed by atoms with Crippen LogP contribution >= 0.6 is 23.2 Å². The summed E-state index contributed by atoms with van der Waals surface area (Å²) in [7, 11) is 0. The molecule has 0 amide bonds. The van der Waals surface area contributed by atoms with E-state index in [0.29, 0.717) is 15.7 Å². The SMILES string of the molecule is Nc1c(Nc2ccc(Cl)cc2Cl)ncnc1Nc1ccccc1C(F)(F)F. The topological polar surface area (TPSA) is 75.9 Å². The molecule has 2 aromatic carbocycles. The van der Waals surface area contributed by atoms with Gasteiger partial charge in [0.15, 0.2) is 11.6 Å². The molecule has 1 heterocycles. The number of aromatic nitrogens is 2. The van der Waals surface area contributed by atoms with Crippen molar-refractivity contribution in [2.45, 2.75) is 6.18 Å². The van der Waals surface area contributed by atoms with Crippen LogP contribution in [0.2, 0.25) is 10.0 Å². The number of nitrogens with zero attached hydrogens (tertiary/aromatic N) is 2. The van der Waals surface area contributed by atoms with Crippen LogP contribution in [0.4, 0.5) is 41.9 Å². The van der Waals surface area contributed by atoms with Crippen LogP contribution in [0, 0.1) is 0 Å². The van der Waals surface area contributed by atoms with Crippen LogP contribution in [0.15, 0.2) is 48.8 Å². The number of nitrogens with two attached hydrogens (primary N) is 1. The molecule has 5 nitrogen and oxygen atoms in total. The molecule has 27 heavy (non-hydrogen) atoms. The van der Waals surface area contributed by atoms with Crippen molar-refractivity contribution in [3.8, 4) is 0 Å². The first-order valence-corrected chi connectivity index (χ1v) is 8.27. The molecule has 140 valence electrons. The molecular formula is C17H12Cl2F3N5. The van der Waals surface area contributed by atoms with E-state index in [-0.39, 0.29) is 23.0 Å². The van der Waals surface area contributed by atoms with Crippen molar-refractivity contribution in [3.63, 3.8) is 0 Å². The molecule has 0 aliphatic rings. The van der Waals surface area contributed by atoms with Crippen LogP contribution in [-0.4, -0.2) is 9.97 Å². The van der Waals surface area contributed by atoms with Gasteiger partial charge in [-0.1, -0.05) is 35.3 Å². The number of anilines is 5. The lowest BCUT2D eigenvalue weighted by Gasteiger charge is -2.16. The van der Waals surface area contributed by atoms with E-state index in [1.165, 1.54) is 30.6 Å². The minimum atomic E-state index is -4.52. The minimum Gasteiger partial charge on any atom is -0.393 e. The first-order valence-electron chi connectivity index (χ1n) is 7.51. The summed E-state index contributed by atoms with van der Waals surface area (Å²) in [6.07, 6.45) is -3.36. The maximum atomic E-state index is 13.2. The Labute approximate surface area is 162 Å². The van der Waals surface area contributed by atoms with Gasteiger partial charge in [-0.15, -0.1) is 0 Å². The second kappa shape index (κ2) is 7.50. The van der Waals surface area contributed by atoms with Crippen LogP contribution in [0.5, 0.6) is 0 Å². The third-order valence-corrected chi connectivity index (χ3v) is 4.10. The fraction of sp³-hybridized carbons (Fsp3) is 0.0588. The van der Waals surface area contributed by atoms with Gasteiger partial charge in [-0.05, 0) is 30.3 Å². The first kappa shape index (κ1) is 19.1. The normalized spacial score (nSPS) is 11.3. The molecule has 0 saturated heterocycles. The number of hydrogen-bond donors (Lipinski definition) is 3. The van der Waals surface area contributed by atoms with Crippen LogP contribution in [0.1, 0.15) is 5.56 Å². The highest BCUT2D eigenvalue weighted by Gasteiger charge is 2.33. The fourth-order valence-corrected chi connectivity index (χ4v) is 2.74. The molecule has 3 aromatic rings. The van der Waals surface area contributed by atoms with Crippen LogP contribution in [0.3, 0.4) is 0 Å². The van der Waals surface area contributed by atoms with Crippen molar-refractivity contribution < 1.29 is 13.2 Å². The predicted molar refractivity (Wildman–Crippen MR) is 101 cm³/mol. The van der Waals surface area contributed by atoms with Gasteiger partial charge in [0.25, 0.3) is 0 Å². The lowest BCUT2D eigenvalue weighted by Crippen LogP contribution is -2.10. The molecule has 4 N–H and O–H groups in total. The molecule has 0 aliphatic heterocycles. The Morgan fingerprint density at radius 1 is 0.889 bits per heavy atom. The van der Waals surface area contributed by atoms with Crippen LogP contribution in [0.25, 0.3) is 0 Å². The summed E-state index contributed by atoms with van der Waals surface area (Å²) in [5.41, 5.74) is 5.52. The largest absolute Gasteiger partial charge is 0.418 e. The molecule has 0 radical (unpaired) electrons. The molecule has 0 spiro atoms. The zero-order valence-corrected chi connectivity index (χ0v) is 15.0. The van der Waals surface area contributed by atoms with E-state index in [1.807, 2.05) is 0 Å². The summed E-state index contributed by atoms with van der Waals surface area (Å²) in [5.74, 6) is 0.204. The van der Waals surface area contributed by atoms with E-state index in [4.69, 9.17) is 28.9 Å². The fourth-order valence-electron chi connectivity index (χ4n) is 2.28. The number of alkyl halides is 3. The molecule has 1 aromatic heterocycles. The van der Waals surface area contributed by atoms with Gasteiger partial charge in [-0.2, -0.15) is 13.2 Å². The highest BCUT2D eigenvalue weighted by molar-refractivity contribution is 6.36. The van der Waals surface area contributed by atoms with E-state index in [2.05, 4.69) is 20.6 Å². The highest BCUT2D eigenvalue weighted by atomic mass is 35.5. The van der Waals surface area contributed by atoms with Gasteiger partial charge < -0.3 is 16.4 Å². The molecule has 0 aliphatic carbocycles. The summed E-state index contributed by atoms with van der Waals surface area (Å²) in [6, 6.07) is 9.79. The Morgan fingerprint density at radius 2 is 1.52 bits per heavy atom. The molecule has 0 fully saturated rings. The Bertz CT molecular complexity index is 979. The van der Waals surface area contributed by atoms with Crippen molar-refractivity contribution in [1.82, 2.24) is 9.97 Å². The lowest BCUT2D eigenvalue weighted by atomic mass is 10.1. The summed E-state index contributed by atoms with van der Waals surface area (Å²) < 4.78 is 39.5. The average molecular weight is 414 g/mol. The van der Waals surface area contributed by atoms with Gasteiger partial charge >= 0.3 is 6.18 Å². The van der Waals surface area contributed by atoms with Gasteiger partial charge in [-0.3, -0.25) is 0 Å². The maximum absolute atomic E-state index is 13.2. The van der Waals surface area contributed by atoms with Crippen LogP contribution < -0.4 is 16.4 Å². The average Bonchev–Trinajstić information content (AvgIpc) is 2.60. The Balaban J connectivity index is 1.92. The van der Waals surface area contributed by atoms with Gasteiger partial charge in [0.1, 0.15) is 12.0 Å². The summed E-state index contributed by atoms with van der Waals surface area (Å²) in [5, 5.41) is 6.30. The summed E-state index contributed by atoms with van der Waals surface area (Å²) in [6.45, 7) is 0. The Morgan fingerprint density at radius 3 is 2.15 bits per heavy atom. The number of benzene rings is 2. The number of nitrogens with one attached hydrogen (secondary N) is 2. The zero-order valence-electron chi connectivity index (χ0n) is 13.5. The van der Waals surface area contributed by atoms with Crippen molar-refractivity contribution in [3.05, 3.63) is 64.4 Å². The maximum Gasteiger partial charge on any atom is 0.418 e. The second-order valence-corrected chi connectivity index (χ2v) is 6.25. The molecular weight excluding hydrogens is 402 g/mol. The first-order chi connectivity index (χ1) is 12.8. The Kier molecular flexibility index (Phi) is 5.29. The minimum absolute atomic E-state index is 0.0225. The van der Waals surface area contributed by atoms with Crippen LogP contribution in [-0.2, 0) is 6.18 Å². The molecule has 0 bridgehead atoms. The number of halogens is 5. The quantitative estimate of drug-likeness (QED) is 0.498. The molecule has 0 unspecified atom stereocenters. The smallest absolute Gasteiger partial charge is 0.393 e. The van der Waals surface area contributed by atoms with Gasteiger partial charge in [0.05, 0.1) is 22.0 Å². The van der Waals surface area contributed by atoms with E-state index >= 15 is 0 Å². The number of hydrogen-bond acceptors (Lipinski definition) is 5. The summed E-state index contributed by atoms with van der Waals surface area (Å²) >= 11 is 12.0. The highest BCUT2D eigenvalue weighted by Crippen LogP contribution is 2.37. The monoisotopic (exact) mass is 413 g/mol. The molecule has 10 heteroatoms. The third-order valence-electron chi connectivity index (χ3n) is 3.55. The van der Waals surface area contributed by atoms with E-state index in [1.54, 1.807) is 12.1 Å².